The average Bonchev–Trinajstić information content (AvgIpc) is 3.24. The number of benzene rings is 2. The summed E-state index contributed by atoms with van der Waals surface area (Å²) >= 11 is 1.57. The highest BCUT2D eigenvalue weighted by Crippen LogP contribution is 2.38. The smallest absolute Gasteiger partial charge is 0.232 e. The topological polar surface area (TPSA) is 59.5 Å². The van der Waals surface area contributed by atoms with E-state index >= 15 is 0 Å². The van der Waals surface area contributed by atoms with E-state index in [1.165, 1.54) is 10.6 Å². The molecule has 1 atom stereocenters. The Balaban J connectivity index is 1.71. The Morgan fingerprint density at radius 3 is 2.74 bits per heavy atom. The van der Waals surface area contributed by atoms with Gasteiger partial charge in [-0.1, -0.05) is 18.2 Å². The SMILES string of the molecule is COc1ccccc1-c1nc(-c2ccc3c(c2)C[C@@H](C)N3S(C)(=O)=O)cs1. The number of thiazole rings is 1. The fourth-order valence-corrected chi connectivity index (χ4v) is 5.74. The van der Waals surface area contributed by atoms with Gasteiger partial charge in [0.05, 0.1) is 30.3 Å². The Bertz CT molecular complexity index is 1110. The Kier molecular flexibility index (Phi) is 4.44. The van der Waals surface area contributed by atoms with Crippen molar-refractivity contribution < 1.29 is 13.2 Å². The van der Waals surface area contributed by atoms with Crippen LogP contribution in [0.1, 0.15) is 12.5 Å². The van der Waals surface area contributed by atoms with Gasteiger partial charge in [-0.15, -0.1) is 11.3 Å². The van der Waals surface area contributed by atoms with Crippen LogP contribution in [0.15, 0.2) is 47.8 Å². The van der Waals surface area contributed by atoms with Gasteiger partial charge in [0.2, 0.25) is 10.0 Å². The van der Waals surface area contributed by atoms with Crippen molar-refractivity contribution in [1.82, 2.24) is 4.98 Å². The zero-order valence-corrected chi connectivity index (χ0v) is 17.0. The number of hydrogen-bond acceptors (Lipinski definition) is 5. The van der Waals surface area contributed by atoms with Crippen LogP contribution in [0.3, 0.4) is 0 Å². The van der Waals surface area contributed by atoms with Crippen molar-refractivity contribution >= 4 is 27.0 Å². The lowest BCUT2D eigenvalue weighted by Crippen LogP contribution is -2.34. The van der Waals surface area contributed by atoms with Crippen LogP contribution >= 0.6 is 11.3 Å². The van der Waals surface area contributed by atoms with Crippen molar-refractivity contribution in [3.05, 3.63) is 53.4 Å². The third-order valence-corrected chi connectivity index (χ3v) is 6.87. The second kappa shape index (κ2) is 6.65. The van der Waals surface area contributed by atoms with Crippen molar-refractivity contribution in [2.45, 2.75) is 19.4 Å². The quantitative estimate of drug-likeness (QED) is 0.659. The number of aromatic nitrogens is 1. The number of ether oxygens (including phenoxy) is 1. The van der Waals surface area contributed by atoms with E-state index in [1.807, 2.05) is 48.7 Å². The van der Waals surface area contributed by atoms with Crippen molar-refractivity contribution in [2.75, 3.05) is 17.7 Å². The predicted octanol–water partition coefficient (Wildman–Crippen LogP) is 4.20. The molecule has 0 saturated heterocycles. The third-order valence-electron chi connectivity index (χ3n) is 4.73. The minimum absolute atomic E-state index is 0.0650. The van der Waals surface area contributed by atoms with Crippen LogP contribution in [0, 0.1) is 0 Å². The molecule has 0 aliphatic carbocycles. The Labute approximate surface area is 163 Å². The van der Waals surface area contributed by atoms with Gasteiger partial charge >= 0.3 is 0 Å². The number of hydrogen-bond donors (Lipinski definition) is 0. The highest BCUT2D eigenvalue weighted by Gasteiger charge is 2.32. The predicted molar refractivity (Wildman–Crippen MR) is 110 cm³/mol. The summed E-state index contributed by atoms with van der Waals surface area (Å²) in [5, 5.41) is 2.92. The molecule has 140 valence electrons. The van der Waals surface area contributed by atoms with Crippen LogP contribution in [-0.2, 0) is 16.4 Å². The maximum atomic E-state index is 12.1. The normalized spacial score (nSPS) is 16.4. The lowest BCUT2D eigenvalue weighted by Gasteiger charge is -2.21. The van der Waals surface area contributed by atoms with E-state index < -0.39 is 10.0 Å². The molecule has 0 fully saturated rings. The van der Waals surface area contributed by atoms with Gasteiger partial charge in [0.1, 0.15) is 10.8 Å². The van der Waals surface area contributed by atoms with Crippen molar-refractivity contribution in [3.8, 4) is 27.6 Å². The molecule has 0 bridgehead atoms. The van der Waals surface area contributed by atoms with Crippen LogP contribution in [0.2, 0.25) is 0 Å². The van der Waals surface area contributed by atoms with E-state index in [9.17, 15) is 8.42 Å². The van der Waals surface area contributed by atoms with Crippen LogP contribution in [0.25, 0.3) is 21.8 Å². The second-order valence-corrected chi connectivity index (χ2v) is 9.41. The van der Waals surface area contributed by atoms with E-state index in [0.29, 0.717) is 6.42 Å². The lowest BCUT2D eigenvalue weighted by molar-refractivity contribution is 0.416. The van der Waals surface area contributed by atoms with Gasteiger partial charge in [-0.2, -0.15) is 0 Å². The first kappa shape index (κ1) is 18.0. The summed E-state index contributed by atoms with van der Waals surface area (Å²) < 4.78 is 31.1. The van der Waals surface area contributed by atoms with Crippen LogP contribution < -0.4 is 9.04 Å². The van der Waals surface area contributed by atoms with Gasteiger partial charge in [0, 0.05) is 17.0 Å². The maximum Gasteiger partial charge on any atom is 0.232 e. The number of methoxy groups -OCH3 is 1. The largest absolute Gasteiger partial charge is 0.496 e. The first-order chi connectivity index (χ1) is 12.9. The summed E-state index contributed by atoms with van der Waals surface area (Å²) in [4.78, 5) is 4.78. The number of sulfonamides is 1. The molecule has 4 rings (SSSR count). The highest BCUT2D eigenvalue weighted by molar-refractivity contribution is 7.92. The molecule has 0 amide bonds. The summed E-state index contributed by atoms with van der Waals surface area (Å²) in [5.74, 6) is 0.796. The molecule has 3 aromatic rings. The van der Waals surface area contributed by atoms with Gasteiger partial charge < -0.3 is 4.74 Å². The molecule has 1 aliphatic heterocycles. The molecule has 7 heteroatoms. The molecule has 1 aromatic heterocycles. The first-order valence-corrected chi connectivity index (χ1v) is 11.3. The number of rotatable bonds is 4. The van der Waals surface area contributed by atoms with Gasteiger partial charge in [-0.25, -0.2) is 13.4 Å². The van der Waals surface area contributed by atoms with E-state index in [1.54, 1.807) is 18.4 Å². The summed E-state index contributed by atoms with van der Waals surface area (Å²) in [5.41, 5.74) is 4.66. The van der Waals surface area contributed by atoms with E-state index in [4.69, 9.17) is 9.72 Å². The van der Waals surface area contributed by atoms with E-state index in [-0.39, 0.29) is 6.04 Å². The fraction of sp³-hybridized carbons (Fsp3) is 0.250. The second-order valence-electron chi connectivity index (χ2n) is 6.69. The maximum absolute atomic E-state index is 12.1. The van der Waals surface area contributed by atoms with Crippen LogP contribution in [-0.4, -0.2) is 32.8 Å². The number of anilines is 1. The molecular formula is C20H20N2O3S2. The molecule has 5 nitrogen and oxygen atoms in total. The monoisotopic (exact) mass is 400 g/mol. The Morgan fingerprint density at radius 2 is 2.00 bits per heavy atom. The molecule has 2 aromatic carbocycles. The molecule has 0 unspecified atom stereocenters. The van der Waals surface area contributed by atoms with E-state index in [2.05, 4.69) is 6.07 Å². The molecule has 0 spiro atoms. The highest BCUT2D eigenvalue weighted by atomic mass is 32.2. The minimum atomic E-state index is -3.28. The number of fused-ring (bicyclic) bond motifs is 1. The van der Waals surface area contributed by atoms with Crippen molar-refractivity contribution in [1.29, 1.82) is 0 Å². The molecule has 1 aliphatic rings. The average molecular weight is 401 g/mol. The molecule has 0 saturated carbocycles. The molecule has 27 heavy (non-hydrogen) atoms. The zero-order chi connectivity index (χ0) is 19.2. The Hall–Kier alpha value is -2.38. The minimum Gasteiger partial charge on any atom is -0.496 e. The van der Waals surface area contributed by atoms with Gasteiger partial charge in [-0.05, 0) is 43.2 Å². The van der Waals surface area contributed by atoms with Gasteiger partial charge in [0.15, 0.2) is 0 Å². The Morgan fingerprint density at radius 1 is 1.22 bits per heavy atom. The van der Waals surface area contributed by atoms with Crippen LogP contribution in [0.5, 0.6) is 5.75 Å². The molecular weight excluding hydrogens is 380 g/mol. The summed E-state index contributed by atoms with van der Waals surface area (Å²) in [7, 11) is -1.62. The lowest BCUT2D eigenvalue weighted by atomic mass is 10.1. The van der Waals surface area contributed by atoms with E-state index in [0.717, 1.165) is 38.8 Å². The summed E-state index contributed by atoms with van der Waals surface area (Å²) in [6.45, 7) is 1.93. The molecule has 0 radical (unpaired) electrons. The third kappa shape index (κ3) is 3.21. The van der Waals surface area contributed by atoms with Crippen LogP contribution in [0.4, 0.5) is 5.69 Å². The number of nitrogens with zero attached hydrogens (tertiary/aromatic N) is 2. The van der Waals surface area contributed by atoms with Crippen molar-refractivity contribution in [2.24, 2.45) is 0 Å². The fourth-order valence-electron chi connectivity index (χ4n) is 3.62. The number of para-hydroxylation sites is 1. The molecule has 0 N–H and O–H groups in total. The van der Waals surface area contributed by atoms with Crippen molar-refractivity contribution in [3.63, 3.8) is 0 Å². The summed E-state index contributed by atoms with van der Waals surface area (Å²) in [6, 6.07) is 13.6. The van der Waals surface area contributed by atoms with Gasteiger partial charge in [-0.3, -0.25) is 4.31 Å². The van der Waals surface area contributed by atoms with Gasteiger partial charge in [0.25, 0.3) is 0 Å². The zero-order valence-electron chi connectivity index (χ0n) is 15.3. The molecule has 2 heterocycles. The standard InChI is InChI=1S/C20H20N2O3S2/c1-13-10-15-11-14(8-9-18(15)22(13)27(3,23)24)17-12-26-20(21-17)16-6-4-5-7-19(16)25-2/h4-9,11-13H,10H2,1-3H3/t13-/m1/s1. The summed E-state index contributed by atoms with van der Waals surface area (Å²) in [6.07, 6.45) is 1.96. The first-order valence-electron chi connectivity index (χ1n) is 8.60.